The summed E-state index contributed by atoms with van der Waals surface area (Å²) in [5.41, 5.74) is 1.19. The number of nitrogens with zero attached hydrogens (tertiary/aromatic N) is 2. The van der Waals surface area contributed by atoms with Gasteiger partial charge in [0.2, 0.25) is 0 Å². The molecule has 1 rings (SSSR count). The molecule has 1 N–H and O–H groups in total. The Balaban J connectivity index is 2.66. The summed E-state index contributed by atoms with van der Waals surface area (Å²) in [5.74, 6) is -0.311. The van der Waals surface area contributed by atoms with E-state index in [1.54, 1.807) is 6.20 Å². The maximum absolute atomic E-state index is 12.2. The number of hydrogen-bond acceptors (Lipinski definition) is 3. The molecule has 0 fully saturated rings. The number of carbonyl (C=O) groups is 1. The molecule has 0 unspecified atom stereocenters. The maximum Gasteiger partial charge on any atom is 0.263 e. The van der Waals surface area contributed by atoms with Gasteiger partial charge in [-0.25, -0.2) is 0 Å². The molecule has 124 valence electrons. The molecule has 1 amide bonds. The van der Waals surface area contributed by atoms with E-state index in [0.29, 0.717) is 6.54 Å². The molecule has 1 aromatic carbocycles. The van der Waals surface area contributed by atoms with Crippen LogP contribution in [0.25, 0.3) is 0 Å². The van der Waals surface area contributed by atoms with E-state index >= 15 is 0 Å². The summed E-state index contributed by atoms with van der Waals surface area (Å²) in [6.07, 6.45) is 6.03. The van der Waals surface area contributed by atoms with Crippen molar-refractivity contribution in [1.82, 2.24) is 10.2 Å². The Labute approximate surface area is 139 Å². The topological polar surface area (TPSA) is 56.1 Å². The predicted octanol–water partition coefficient (Wildman–Crippen LogP) is 3.61. The smallest absolute Gasteiger partial charge is 0.263 e. The largest absolute Gasteiger partial charge is 0.376 e. The van der Waals surface area contributed by atoms with Crippen LogP contribution in [0.2, 0.25) is 0 Å². The number of amides is 1. The highest BCUT2D eigenvalue weighted by Crippen LogP contribution is 2.05. The summed E-state index contributed by atoms with van der Waals surface area (Å²) in [6.45, 7) is 6.48. The van der Waals surface area contributed by atoms with Crippen LogP contribution < -0.4 is 5.32 Å². The van der Waals surface area contributed by atoms with Crippen molar-refractivity contribution in [3.63, 3.8) is 0 Å². The molecular formula is C19H27N3O. The Bertz CT molecular complexity index is 523. The lowest BCUT2D eigenvalue weighted by atomic mass is 10.2. The van der Waals surface area contributed by atoms with Crippen molar-refractivity contribution in [2.75, 3.05) is 13.1 Å². The van der Waals surface area contributed by atoms with Crippen molar-refractivity contribution < 1.29 is 4.79 Å². The zero-order chi connectivity index (χ0) is 16.9. The van der Waals surface area contributed by atoms with Crippen molar-refractivity contribution in [2.45, 2.75) is 46.1 Å². The van der Waals surface area contributed by atoms with Gasteiger partial charge < -0.3 is 10.2 Å². The standard InChI is InChI=1S/C19H27N3O/c1-3-5-12-22(13-6-4-2)16-18(14-20)19(23)21-15-17-10-8-7-9-11-17/h7-11,16H,3-6,12-13,15H2,1-2H3,(H,21,23)/b18-16-. The van der Waals surface area contributed by atoms with Gasteiger partial charge in [-0.05, 0) is 18.4 Å². The van der Waals surface area contributed by atoms with Gasteiger partial charge >= 0.3 is 0 Å². The molecule has 0 bridgehead atoms. The van der Waals surface area contributed by atoms with E-state index in [0.717, 1.165) is 44.3 Å². The van der Waals surface area contributed by atoms with Gasteiger partial charge in [-0.15, -0.1) is 0 Å². The van der Waals surface area contributed by atoms with Crippen LogP contribution in [0.15, 0.2) is 42.1 Å². The average molecular weight is 313 g/mol. The fraction of sp³-hybridized carbons (Fsp3) is 0.474. The summed E-state index contributed by atoms with van der Waals surface area (Å²) in [5, 5.41) is 12.1. The van der Waals surface area contributed by atoms with E-state index in [1.807, 2.05) is 36.4 Å². The van der Waals surface area contributed by atoms with Gasteiger partial charge in [-0.1, -0.05) is 57.0 Å². The van der Waals surface area contributed by atoms with Gasteiger partial charge in [0.05, 0.1) is 0 Å². The first-order valence-corrected chi connectivity index (χ1v) is 8.39. The predicted molar refractivity (Wildman–Crippen MR) is 93.4 cm³/mol. The summed E-state index contributed by atoms with van der Waals surface area (Å²) < 4.78 is 0. The minimum absolute atomic E-state index is 0.174. The average Bonchev–Trinajstić information content (AvgIpc) is 2.60. The number of nitriles is 1. The second kappa shape index (κ2) is 11.3. The molecular weight excluding hydrogens is 286 g/mol. The van der Waals surface area contributed by atoms with Crippen LogP contribution in [0.4, 0.5) is 0 Å². The van der Waals surface area contributed by atoms with Crippen LogP contribution in [0.5, 0.6) is 0 Å². The minimum atomic E-state index is -0.311. The number of hydrogen-bond donors (Lipinski definition) is 1. The van der Waals surface area contributed by atoms with Gasteiger partial charge in [-0.2, -0.15) is 5.26 Å². The minimum Gasteiger partial charge on any atom is -0.376 e. The van der Waals surface area contributed by atoms with E-state index in [1.165, 1.54) is 0 Å². The molecule has 23 heavy (non-hydrogen) atoms. The summed E-state index contributed by atoms with van der Waals surface area (Å²) in [7, 11) is 0. The quantitative estimate of drug-likeness (QED) is 0.530. The van der Waals surface area contributed by atoms with E-state index in [2.05, 4.69) is 24.1 Å². The van der Waals surface area contributed by atoms with Crippen LogP contribution in [0.1, 0.15) is 45.1 Å². The molecule has 0 aliphatic rings. The Morgan fingerprint density at radius 1 is 1.17 bits per heavy atom. The number of nitrogens with one attached hydrogen (secondary N) is 1. The molecule has 1 aromatic rings. The molecule has 0 aromatic heterocycles. The zero-order valence-corrected chi connectivity index (χ0v) is 14.2. The number of rotatable bonds is 10. The molecule has 0 saturated heterocycles. The summed E-state index contributed by atoms with van der Waals surface area (Å²) in [6, 6.07) is 11.7. The summed E-state index contributed by atoms with van der Waals surface area (Å²) >= 11 is 0. The molecule has 4 heteroatoms. The van der Waals surface area contributed by atoms with Crippen molar-refractivity contribution in [3.8, 4) is 6.07 Å². The van der Waals surface area contributed by atoms with Gasteiger partial charge in [0, 0.05) is 25.8 Å². The second-order valence-electron chi connectivity index (χ2n) is 5.57. The molecule has 0 spiro atoms. The lowest BCUT2D eigenvalue weighted by Gasteiger charge is -2.20. The van der Waals surface area contributed by atoms with E-state index in [9.17, 15) is 10.1 Å². The van der Waals surface area contributed by atoms with E-state index < -0.39 is 0 Å². The Hall–Kier alpha value is -2.28. The van der Waals surface area contributed by atoms with Crippen molar-refractivity contribution in [1.29, 1.82) is 5.26 Å². The van der Waals surface area contributed by atoms with Gasteiger partial charge in [0.15, 0.2) is 0 Å². The van der Waals surface area contributed by atoms with Gasteiger partial charge in [0.1, 0.15) is 11.6 Å². The Morgan fingerprint density at radius 3 is 2.30 bits per heavy atom. The molecule has 4 nitrogen and oxygen atoms in total. The molecule has 0 aliphatic heterocycles. The lowest BCUT2D eigenvalue weighted by Crippen LogP contribution is -2.27. The third kappa shape index (κ3) is 7.51. The second-order valence-corrected chi connectivity index (χ2v) is 5.57. The molecule has 0 heterocycles. The van der Waals surface area contributed by atoms with Crippen LogP contribution in [0.3, 0.4) is 0 Å². The highest BCUT2D eigenvalue weighted by molar-refractivity contribution is 5.97. The highest BCUT2D eigenvalue weighted by atomic mass is 16.1. The first-order chi connectivity index (χ1) is 11.2. The molecule has 0 atom stereocenters. The molecule has 0 aliphatic carbocycles. The Morgan fingerprint density at radius 2 is 1.78 bits per heavy atom. The first kappa shape index (κ1) is 18.8. The maximum atomic E-state index is 12.2. The number of benzene rings is 1. The number of carbonyl (C=O) groups excluding carboxylic acids is 1. The SMILES string of the molecule is CCCCN(/C=C(/C#N)C(=O)NCc1ccccc1)CCCC. The van der Waals surface area contributed by atoms with E-state index in [4.69, 9.17) is 0 Å². The first-order valence-electron chi connectivity index (χ1n) is 8.39. The monoisotopic (exact) mass is 313 g/mol. The molecule has 0 saturated carbocycles. The Kier molecular flexibility index (Phi) is 9.23. The zero-order valence-electron chi connectivity index (χ0n) is 14.2. The van der Waals surface area contributed by atoms with Crippen molar-refractivity contribution in [2.24, 2.45) is 0 Å². The van der Waals surface area contributed by atoms with Gasteiger partial charge in [-0.3, -0.25) is 4.79 Å². The fourth-order valence-electron chi connectivity index (χ4n) is 2.16. The van der Waals surface area contributed by atoms with Crippen molar-refractivity contribution in [3.05, 3.63) is 47.7 Å². The third-order valence-electron chi connectivity index (χ3n) is 3.57. The normalized spacial score (nSPS) is 10.9. The van der Waals surface area contributed by atoms with Crippen LogP contribution in [-0.2, 0) is 11.3 Å². The van der Waals surface area contributed by atoms with Crippen LogP contribution in [-0.4, -0.2) is 23.9 Å². The number of unbranched alkanes of at least 4 members (excludes halogenated alkanes) is 2. The fourth-order valence-corrected chi connectivity index (χ4v) is 2.16. The third-order valence-corrected chi connectivity index (χ3v) is 3.57. The van der Waals surface area contributed by atoms with Crippen LogP contribution >= 0.6 is 0 Å². The van der Waals surface area contributed by atoms with Gasteiger partial charge in [0.25, 0.3) is 5.91 Å². The summed E-state index contributed by atoms with van der Waals surface area (Å²) in [4.78, 5) is 14.3. The van der Waals surface area contributed by atoms with Crippen LogP contribution in [0, 0.1) is 11.3 Å². The van der Waals surface area contributed by atoms with Crippen molar-refractivity contribution >= 4 is 5.91 Å². The van der Waals surface area contributed by atoms with E-state index in [-0.39, 0.29) is 11.5 Å². The lowest BCUT2D eigenvalue weighted by molar-refractivity contribution is -0.117. The molecule has 0 radical (unpaired) electrons. The highest BCUT2D eigenvalue weighted by Gasteiger charge is 2.11.